The van der Waals surface area contributed by atoms with Gasteiger partial charge in [-0.1, -0.05) is 19.4 Å². The Morgan fingerprint density at radius 2 is 1.90 bits per heavy atom. The van der Waals surface area contributed by atoms with Crippen molar-refractivity contribution in [1.82, 2.24) is 4.98 Å². The summed E-state index contributed by atoms with van der Waals surface area (Å²) in [6, 6.07) is 15.2. The van der Waals surface area contributed by atoms with Crippen LogP contribution < -0.4 is 15.4 Å². The Balaban J connectivity index is 1.51. The molecule has 1 heterocycles. The molecule has 0 spiro atoms. The third-order valence-electron chi connectivity index (χ3n) is 4.38. The number of ether oxygens (including phenoxy) is 1. The molecule has 2 amide bonds. The zero-order valence-corrected chi connectivity index (χ0v) is 19.1. The van der Waals surface area contributed by atoms with E-state index in [2.05, 4.69) is 22.5 Å². The van der Waals surface area contributed by atoms with Gasteiger partial charge in [-0.15, -0.1) is 23.1 Å². The lowest BCUT2D eigenvalue weighted by Gasteiger charge is -2.07. The van der Waals surface area contributed by atoms with Crippen LogP contribution in [0.15, 0.2) is 58.8 Å². The Kier molecular flexibility index (Phi) is 8.49. The Hall–Kier alpha value is -2.84. The lowest BCUT2D eigenvalue weighted by molar-refractivity contribution is -0.116. The number of thioether (sulfide) groups is 1. The van der Waals surface area contributed by atoms with Gasteiger partial charge in [-0.25, -0.2) is 4.98 Å². The maximum Gasteiger partial charge on any atom is 0.236 e. The third-order valence-corrected chi connectivity index (χ3v) is 6.13. The first kappa shape index (κ1) is 22.8. The van der Waals surface area contributed by atoms with Crippen molar-refractivity contribution in [2.45, 2.75) is 31.1 Å². The maximum absolute atomic E-state index is 12.3. The molecule has 0 bridgehead atoms. The van der Waals surface area contributed by atoms with Crippen LogP contribution in [0.25, 0.3) is 11.3 Å². The predicted molar refractivity (Wildman–Crippen MR) is 128 cm³/mol. The lowest BCUT2D eigenvalue weighted by Crippen LogP contribution is -2.14. The second-order valence-corrected chi connectivity index (χ2v) is 8.69. The molecule has 0 fully saturated rings. The van der Waals surface area contributed by atoms with Crippen molar-refractivity contribution in [2.75, 3.05) is 23.5 Å². The van der Waals surface area contributed by atoms with E-state index >= 15 is 0 Å². The SMILES string of the molecule is CCCCC(=O)Nc1cccc(SCC(=O)Nc2nc(-c3ccc(OC)cc3)cs2)c1. The summed E-state index contributed by atoms with van der Waals surface area (Å²) in [5.41, 5.74) is 2.52. The first-order valence-corrected chi connectivity index (χ1v) is 11.9. The smallest absolute Gasteiger partial charge is 0.236 e. The van der Waals surface area contributed by atoms with Gasteiger partial charge >= 0.3 is 0 Å². The second-order valence-electron chi connectivity index (χ2n) is 6.78. The molecule has 2 aromatic carbocycles. The van der Waals surface area contributed by atoms with E-state index in [9.17, 15) is 9.59 Å². The Morgan fingerprint density at radius 1 is 1.10 bits per heavy atom. The minimum Gasteiger partial charge on any atom is -0.497 e. The van der Waals surface area contributed by atoms with Gasteiger partial charge in [0.2, 0.25) is 11.8 Å². The van der Waals surface area contributed by atoms with E-state index < -0.39 is 0 Å². The van der Waals surface area contributed by atoms with E-state index in [1.165, 1.54) is 23.1 Å². The second kappa shape index (κ2) is 11.5. The molecule has 3 rings (SSSR count). The Bertz CT molecular complexity index is 1020. The molecule has 0 aliphatic heterocycles. The Morgan fingerprint density at radius 3 is 2.65 bits per heavy atom. The van der Waals surface area contributed by atoms with Gasteiger partial charge in [-0.3, -0.25) is 9.59 Å². The van der Waals surface area contributed by atoms with Crippen LogP contribution in [0.2, 0.25) is 0 Å². The number of aromatic nitrogens is 1. The predicted octanol–water partition coefficient (Wildman–Crippen LogP) is 5.68. The van der Waals surface area contributed by atoms with Gasteiger partial charge in [-0.05, 0) is 48.9 Å². The van der Waals surface area contributed by atoms with Crippen molar-refractivity contribution in [1.29, 1.82) is 0 Å². The molecule has 0 aliphatic rings. The fraction of sp³-hybridized carbons (Fsp3) is 0.261. The minimum atomic E-state index is -0.127. The molecule has 0 unspecified atom stereocenters. The van der Waals surface area contributed by atoms with E-state index in [1.54, 1.807) is 7.11 Å². The number of thiazole rings is 1. The van der Waals surface area contributed by atoms with Crippen LogP contribution in [0.3, 0.4) is 0 Å². The number of carbonyl (C=O) groups is 2. The molecule has 6 nitrogen and oxygen atoms in total. The van der Waals surface area contributed by atoms with Gasteiger partial charge in [0, 0.05) is 27.9 Å². The number of methoxy groups -OCH3 is 1. The van der Waals surface area contributed by atoms with Gasteiger partial charge in [0.15, 0.2) is 5.13 Å². The van der Waals surface area contributed by atoms with Crippen molar-refractivity contribution in [3.8, 4) is 17.0 Å². The van der Waals surface area contributed by atoms with Crippen LogP contribution in [0.5, 0.6) is 5.75 Å². The zero-order valence-electron chi connectivity index (χ0n) is 17.5. The number of hydrogen-bond donors (Lipinski definition) is 2. The standard InChI is InChI=1S/C23H25N3O3S2/c1-3-4-8-21(27)24-17-6-5-7-19(13-17)30-15-22(28)26-23-25-20(14-31-23)16-9-11-18(29-2)12-10-16/h5-7,9-14H,3-4,8,15H2,1-2H3,(H,24,27)(H,25,26,28). The van der Waals surface area contributed by atoms with Crippen LogP contribution >= 0.6 is 23.1 Å². The van der Waals surface area contributed by atoms with Crippen LogP contribution in [-0.4, -0.2) is 29.7 Å². The number of nitrogens with one attached hydrogen (secondary N) is 2. The highest BCUT2D eigenvalue weighted by Crippen LogP contribution is 2.27. The fourth-order valence-corrected chi connectivity index (χ4v) is 4.25. The quantitative estimate of drug-likeness (QED) is 0.385. The summed E-state index contributed by atoms with van der Waals surface area (Å²) in [7, 11) is 1.63. The monoisotopic (exact) mass is 455 g/mol. The molecule has 0 saturated heterocycles. The number of rotatable bonds is 10. The van der Waals surface area contributed by atoms with Crippen molar-refractivity contribution >= 4 is 45.7 Å². The topological polar surface area (TPSA) is 80.3 Å². The number of hydrogen-bond acceptors (Lipinski definition) is 6. The van der Waals surface area contributed by atoms with E-state index in [0.29, 0.717) is 11.6 Å². The van der Waals surface area contributed by atoms with Crippen LogP contribution in [-0.2, 0) is 9.59 Å². The average Bonchev–Trinajstić information content (AvgIpc) is 3.25. The van der Waals surface area contributed by atoms with Crippen molar-refractivity contribution < 1.29 is 14.3 Å². The molecule has 0 saturated carbocycles. The van der Waals surface area contributed by atoms with Gasteiger partial charge in [0.1, 0.15) is 5.75 Å². The normalized spacial score (nSPS) is 10.5. The summed E-state index contributed by atoms with van der Waals surface area (Å²) < 4.78 is 5.17. The number of nitrogens with zero attached hydrogens (tertiary/aromatic N) is 1. The molecule has 0 aliphatic carbocycles. The highest BCUT2D eigenvalue weighted by molar-refractivity contribution is 8.00. The van der Waals surface area contributed by atoms with E-state index in [1.807, 2.05) is 53.9 Å². The summed E-state index contributed by atoms with van der Waals surface area (Å²) in [6.45, 7) is 2.06. The van der Waals surface area contributed by atoms with Gasteiger partial charge < -0.3 is 15.4 Å². The number of unbranched alkanes of at least 4 members (excludes halogenated alkanes) is 1. The summed E-state index contributed by atoms with van der Waals surface area (Å²) in [5, 5.41) is 8.22. The zero-order chi connectivity index (χ0) is 22.1. The van der Waals surface area contributed by atoms with E-state index in [4.69, 9.17) is 4.74 Å². The van der Waals surface area contributed by atoms with Gasteiger partial charge in [0.25, 0.3) is 0 Å². The third kappa shape index (κ3) is 7.11. The summed E-state index contributed by atoms with van der Waals surface area (Å²) in [6.07, 6.45) is 2.37. The molecule has 162 valence electrons. The Labute approximate surface area is 190 Å². The highest BCUT2D eigenvalue weighted by atomic mass is 32.2. The molecule has 3 aromatic rings. The van der Waals surface area contributed by atoms with Crippen LogP contribution in [0.4, 0.5) is 10.8 Å². The van der Waals surface area contributed by atoms with Crippen LogP contribution in [0, 0.1) is 0 Å². The minimum absolute atomic E-state index is 0.0122. The van der Waals surface area contributed by atoms with Crippen molar-refractivity contribution in [3.05, 3.63) is 53.9 Å². The molecule has 2 N–H and O–H groups in total. The van der Waals surface area contributed by atoms with Crippen LogP contribution in [0.1, 0.15) is 26.2 Å². The molecule has 1 aromatic heterocycles. The first-order valence-electron chi connectivity index (χ1n) is 10.00. The van der Waals surface area contributed by atoms with Crippen molar-refractivity contribution in [3.63, 3.8) is 0 Å². The summed E-state index contributed by atoms with van der Waals surface area (Å²) in [4.78, 5) is 29.6. The van der Waals surface area contributed by atoms with Gasteiger partial charge in [-0.2, -0.15) is 0 Å². The molecule has 8 heteroatoms. The first-order chi connectivity index (χ1) is 15.1. The number of benzene rings is 2. The highest BCUT2D eigenvalue weighted by Gasteiger charge is 2.10. The molecule has 0 atom stereocenters. The number of anilines is 2. The lowest BCUT2D eigenvalue weighted by atomic mass is 10.2. The van der Waals surface area contributed by atoms with Crippen molar-refractivity contribution in [2.24, 2.45) is 0 Å². The molecule has 31 heavy (non-hydrogen) atoms. The fourth-order valence-electron chi connectivity index (χ4n) is 2.75. The molecular formula is C23H25N3O3S2. The average molecular weight is 456 g/mol. The largest absolute Gasteiger partial charge is 0.497 e. The van der Waals surface area contributed by atoms with Gasteiger partial charge in [0.05, 0.1) is 18.6 Å². The maximum atomic E-state index is 12.3. The molecular weight excluding hydrogens is 430 g/mol. The molecule has 0 radical (unpaired) electrons. The van der Waals surface area contributed by atoms with E-state index in [-0.39, 0.29) is 17.6 Å². The summed E-state index contributed by atoms with van der Waals surface area (Å²) >= 11 is 2.80. The number of carbonyl (C=O) groups excluding carboxylic acids is 2. The number of amides is 2. The summed E-state index contributed by atoms with van der Waals surface area (Å²) in [5.74, 6) is 0.926. The van der Waals surface area contributed by atoms with E-state index in [0.717, 1.165) is 40.4 Å².